The maximum absolute atomic E-state index is 12.1. The summed E-state index contributed by atoms with van der Waals surface area (Å²) in [6.45, 7) is 0.503. The molecule has 1 saturated carbocycles. The van der Waals surface area contributed by atoms with Crippen LogP contribution in [-0.2, 0) is 0 Å². The Labute approximate surface area is 105 Å². The lowest BCUT2D eigenvalue weighted by molar-refractivity contribution is 0.0933. The molecule has 1 unspecified atom stereocenters. The van der Waals surface area contributed by atoms with Crippen LogP contribution in [0.25, 0.3) is 10.9 Å². The number of benzene rings is 1. The van der Waals surface area contributed by atoms with Crippen LogP contribution in [0.15, 0.2) is 24.4 Å². The van der Waals surface area contributed by atoms with Gasteiger partial charge in [-0.25, -0.2) is 0 Å². The lowest BCUT2D eigenvalue weighted by Gasteiger charge is -2.15. The normalized spacial score (nSPS) is 16.7. The van der Waals surface area contributed by atoms with E-state index in [0.717, 1.165) is 10.9 Å². The lowest BCUT2D eigenvalue weighted by atomic mass is 10.1. The summed E-state index contributed by atoms with van der Waals surface area (Å²) in [5.41, 5.74) is 7.20. The Bertz CT molecular complexity index is 573. The maximum atomic E-state index is 12.1. The smallest absolute Gasteiger partial charge is 0.251 e. The van der Waals surface area contributed by atoms with Gasteiger partial charge in [-0.05, 0) is 30.9 Å². The second kappa shape index (κ2) is 4.42. The number of nitrogens with zero attached hydrogens (tertiary/aromatic N) is 1. The van der Waals surface area contributed by atoms with Gasteiger partial charge in [0.25, 0.3) is 5.91 Å². The van der Waals surface area contributed by atoms with Crippen LogP contribution >= 0.6 is 0 Å². The van der Waals surface area contributed by atoms with Crippen LogP contribution in [0.5, 0.6) is 0 Å². The van der Waals surface area contributed by atoms with Gasteiger partial charge in [-0.2, -0.15) is 5.10 Å². The standard InChI is InChI=1S/C13H16N4O/c14-6-12(8-1-2-8)16-13(18)9-3-4-10-7-15-17-11(10)5-9/h3-5,7-8,12H,1-2,6,14H2,(H,15,17)(H,16,18). The SMILES string of the molecule is NCC(NC(=O)c1ccc2cn[nH]c2c1)C1CC1. The first kappa shape index (κ1) is 11.2. The molecule has 1 aliphatic rings. The fourth-order valence-corrected chi connectivity index (χ4v) is 2.20. The number of nitrogens with one attached hydrogen (secondary N) is 2. The van der Waals surface area contributed by atoms with Crippen molar-refractivity contribution in [2.45, 2.75) is 18.9 Å². The molecule has 1 amide bonds. The molecule has 1 atom stereocenters. The maximum Gasteiger partial charge on any atom is 0.251 e. The van der Waals surface area contributed by atoms with Crippen molar-refractivity contribution in [3.8, 4) is 0 Å². The molecule has 2 aromatic rings. The molecular formula is C13H16N4O. The Morgan fingerprint density at radius 3 is 3.11 bits per heavy atom. The van der Waals surface area contributed by atoms with E-state index in [1.807, 2.05) is 18.2 Å². The summed E-state index contributed by atoms with van der Waals surface area (Å²) in [6, 6.07) is 5.63. The van der Waals surface area contributed by atoms with E-state index in [1.165, 1.54) is 12.8 Å². The topological polar surface area (TPSA) is 83.8 Å². The Morgan fingerprint density at radius 2 is 2.39 bits per heavy atom. The number of H-pyrrole nitrogens is 1. The van der Waals surface area contributed by atoms with Gasteiger partial charge in [0.15, 0.2) is 0 Å². The molecule has 4 N–H and O–H groups in total. The average Bonchev–Trinajstić information content (AvgIpc) is 3.12. The minimum atomic E-state index is -0.0612. The second-order valence-corrected chi connectivity index (χ2v) is 4.83. The lowest BCUT2D eigenvalue weighted by Crippen LogP contribution is -2.41. The zero-order valence-electron chi connectivity index (χ0n) is 10.0. The predicted molar refractivity (Wildman–Crippen MR) is 69.1 cm³/mol. The fraction of sp³-hybridized carbons (Fsp3) is 0.385. The van der Waals surface area contributed by atoms with E-state index in [9.17, 15) is 4.79 Å². The van der Waals surface area contributed by atoms with E-state index in [4.69, 9.17) is 5.73 Å². The number of fused-ring (bicyclic) bond motifs is 1. The van der Waals surface area contributed by atoms with Crippen molar-refractivity contribution in [3.63, 3.8) is 0 Å². The average molecular weight is 244 g/mol. The molecular weight excluding hydrogens is 228 g/mol. The van der Waals surface area contributed by atoms with Gasteiger partial charge in [-0.3, -0.25) is 9.89 Å². The molecule has 1 aromatic heterocycles. The van der Waals surface area contributed by atoms with Gasteiger partial charge in [0, 0.05) is 23.5 Å². The number of aromatic amines is 1. The largest absolute Gasteiger partial charge is 0.348 e. The van der Waals surface area contributed by atoms with Crippen LogP contribution in [0.1, 0.15) is 23.2 Å². The third-order valence-electron chi connectivity index (χ3n) is 3.47. The number of nitrogens with two attached hydrogens (primary N) is 1. The molecule has 0 spiro atoms. The van der Waals surface area contributed by atoms with Crippen LogP contribution in [0.3, 0.4) is 0 Å². The van der Waals surface area contributed by atoms with Crippen molar-refractivity contribution >= 4 is 16.8 Å². The second-order valence-electron chi connectivity index (χ2n) is 4.83. The van der Waals surface area contributed by atoms with Crippen molar-refractivity contribution in [3.05, 3.63) is 30.0 Å². The Kier molecular flexibility index (Phi) is 2.76. The summed E-state index contributed by atoms with van der Waals surface area (Å²) in [5, 5.41) is 10.8. The van der Waals surface area contributed by atoms with Gasteiger partial charge in [0.2, 0.25) is 0 Å². The summed E-state index contributed by atoms with van der Waals surface area (Å²) in [4.78, 5) is 12.1. The van der Waals surface area contributed by atoms with E-state index >= 15 is 0 Å². The summed E-state index contributed by atoms with van der Waals surface area (Å²) < 4.78 is 0. The Hall–Kier alpha value is -1.88. The van der Waals surface area contributed by atoms with Crippen LogP contribution in [0.2, 0.25) is 0 Å². The molecule has 1 heterocycles. The zero-order chi connectivity index (χ0) is 12.5. The van der Waals surface area contributed by atoms with Crippen LogP contribution in [-0.4, -0.2) is 28.7 Å². The number of aromatic nitrogens is 2. The first-order valence-corrected chi connectivity index (χ1v) is 6.22. The summed E-state index contributed by atoms with van der Waals surface area (Å²) in [5.74, 6) is 0.503. The number of carbonyl (C=O) groups is 1. The first-order valence-electron chi connectivity index (χ1n) is 6.22. The number of hydrogen-bond donors (Lipinski definition) is 3. The van der Waals surface area contributed by atoms with Crippen LogP contribution in [0, 0.1) is 5.92 Å². The quantitative estimate of drug-likeness (QED) is 0.751. The first-order chi connectivity index (χ1) is 8.78. The van der Waals surface area contributed by atoms with E-state index in [2.05, 4.69) is 15.5 Å². The van der Waals surface area contributed by atoms with Crippen molar-refractivity contribution < 1.29 is 4.79 Å². The highest BCUT2D eigenvalue weighted by Gasteiger charge is 2.31. The van der Waals surface area contributed by atoms with Gasteiger partial charge < -0.3 is 11.1 Å². The highest BCUT2D eigenvalue weighted by Crippen LogP contribution is 2.32. The molecule has 0 aliphatic heterocycles. The van der Waals surface area contributed by atoms with Crippen molar-refractivity contribution in [2.24, 2.45) is 11.7 Å². The van der Waals surface area contributed by atoms with E-state index in [-0.39, 0.29) is 11.9 Å². The summed E-state index contributed by atoms with van der Waals surface area (Å²) >= 11 is 0. The van der Waals surface area contributed by atoms with E-state index in [0.29, 0.717) is 18.0 Å². The predicted octanol–water partition coefficient (Wildman–Crippen LogP) is 1.03. The highest BCUT2D eigenvalue weighted by molar-refractivity contribution is 5.97. The molecule has 1 fully saturated rings. The molecule has 5 nitrogen and oxygen atoms in total. The minimum Gasteiger partial charge on any atom is -0.348 e. The Balaban J connectivity index is 1.78. The monoisotopic (exact) mass is 244 g/mol. The van der Waals surface area contributed by atoms with Crippen molar-refractivity contribution in [2.75, 3.05) is 6.54 Å². The number of hydrogen-bond acceptors (Lipinski definition) is 3. The molecule has 1 aliphatic carbocycles. The minimum absolute atomic E-state index is 0.0612. The van der Waals surface area contributed by atoms with Crippen LogP contribution < -0.4 is 11.1 Å². The number of amides is 1. The summed E-state index contributed by atoms with van der Waals surface area (Å²) in [7, 11) is 0. The van der Waals surface area contributed by atoms with E-state index < -0.39 is 0 Å². The third-order valence-corrected chi connectivity index (χ3v) is 3.47. The number of carbonyl (C=O) groups excluding carboxylic acids is 1. The van der Waals surface area contributed by atoms with Gasteiger partial charge in [-0.15, -0.1) is 0 Å². The Morgan fingerprint density at radius 1 is 1.56 bits per heavy atom. The fourth-order valence-electron chi connectivity index (χ4n) is 2.20. The number of rotatable bonds is 4. The van der Waals surface area contributed by atoms with Crippen molar-refractivity contribution in [1.82, 2.24) is 15.5 Å². The zero-order valence-corrected chi connectivity index (χ0v) is 10.0. The summed E-state index contributed by atoms with van der Waals surface area (Å²) in [6.07, 6.45) is 4.08. The van der Waals surface area contributed by atoms with Gasteiger partial charge in [-0.1, -0.05) is 6.07 Å². The molecule has 18 heavy (non-hydrogen) atoms. The van der Waals surface area contributed by atoms with Gasteiger partial charge in [0.1, 0.15) is 0 Å². The highest BCUT2D eigenvalue weighted by atomic mass is 16.1. The molecule has 3 rings (SSSR count). The van der Waals surface area contributed by atoms with E-state index in [1.54, 1.807) is 6.20 Å². The molecule has 0 saturated heterocycles. The molecule has 1 aromatic carbocycles. The molecule has 94 valence electrons. The molecule has 0 bridgehead atoms. The van der Waals surface area contributed by atoms with Crippen molar-refractivity contribution in [1.29, 1.82) is 0 Å². The van der Waals surface area contributed by atoms with Gasteiger partial charge in [0.05, 0.1) is 11.7 Å². The van der Waals surface area contributed by atoms with Gasteiger partial charge >= 0.3 is 0 Å². The molecule has 0 radical (unpaired) electrons. The third kappa shape index (κ3) is 2.09. The molecule has 5 heteroatoms. The van der Waals surface area contributed by atoms with Crippen LogP contribution in [0.4, 0.5) is 0 Å².